The van der Waals surface area contributed by atoms with Gasteiger partial charge in [-0.1, -0.05) is 24.3 Å². The van der Waals surface area contributed by atoms with Crippen molar-refractivity contribution in [2.75, 3.05) is 7.11 Å². The summed E-state index contributed by atoms with van der Waals surface area (Å²) in [4.78, 5) is 3.89. The highest BCUT2D eigenvalue weighted by Gasteiger charge is 1.98. The van der Waals surface area contributed by atoms with E-state index >= 15 is 0 Å². The number of hydrogen-bond donors (Lipinski definition) is 0. The summed E-state index contributed by atoms with van der Waals surface area (Å²) in [6.45, 7) is 3.59. The number of hydrogen-bond acceptors (Lipinski definition) is 2. The van der Waals surface area contributed by atoms with Gasteiger partial charge >= 0.3 is 0 Å². The Kier molecular flexibility index (Phi) is 2.49. The zero-order valence-electron chi connectivity index (χ0n) is 6.17. The monoisotopic (exact) mass is 169 g/mol. The van der Waals surface area contributed by atoms with Crippen LogP contribution in [-0.4, -0.2) is 12.1 Å². The summed E-state index contributed by atoms with van der Waals surface area (Å²) >= 11 is 5.72. The zero-order chi connectivity index (χ0) is 8.27. The highest BCUT2D eigenvalue weighted by Crippen LogP contribution is 2.19. The summed E-state index contributed by atoms with van der Waals surface area (Å²) in [5.41, 5.74) is 0.783. The third-order valence-corrected chi connectivity index (χ3v) is 1.61. The molecule has 1 rings (SSSR count). The van der Waals surface area contributed by atoms with Crippen molar-refractivity contribution in [2.24, 2.45) is 0 Å². The molecule has 2 nitrogen and oxygen atoms in total. The quantitative estimate of drug-likeness (QED) is 0.635. The summed E-state index contributed by atoms with van der Waals surface area (Å²) in [5, 5.41) is 0.445. The molecule has 58 valence electrons. The van der Waals surface area contributed by atoms with Crippen molar-refractivity contribution in [3.8, 4) is 5.75 Å². The Bertz CT molecular complexity index is 273. The molecule has 0 aliphatic carbocycles. The van der Waals surface area contributed by atoms with E-state index in [2.05, 4.69) is 11.6 Å². The van der Waals surface area contributed by atoms with Gasteiger partial charge in [0.2, 0.25) is 0 Å². The molecule has 0 aliphatic rings. The van der Waals surface area contributed by atoms with Crippen LogP contribution >= 0.6 is 11.6 Å². The predicted octanol–water partition coefficient (Wildman–Crippen LogP) is 2.39. The van der Waals surface area contributed by atoms with Crippen LogP contribution in [0.4, 0.5) is 0 Å². The lowest BCUT2D eigenvalue weighted by Crippen LogP contribution is -1.86. The van der Waals surface area contributed by atoms with Crippen LogP contribution in [-0.2, 0) is 0 Å². The molecular formula is C8H8ClNO. The zero-order valence-corrected chi connectivity index (χ0v) is 6.93. The Hall–Kier alpha value is -1.02. The van der Waals surface area contributed by atoms with Gasteiger partial charge in [0.15, 0.2) is 0 Å². The number of halogens is 1. The van der Waals surface area contributed by atoms with E-state index in [1.54, 1.807) is 25.4 Å². The summed E-state index contributed by atoms with van der Waals surface area (Å²) in [7, 11) is 1.58. The largest absolute Gasteiger partial charge is 0.495 e. The molecule has 1 aromatic rings. The Balaban J connectivity index is 3.12. The van der Waals surface area contributed by atoms with Gasteiger partial charge in [-0.25, -0.2) is 4.98 Å². The molecule has 0 aromatic carbocycles. The van der Waals surface area contributed by atoms with Gasteiger partial charge in [-0.05, 0) is 6.07 Å². The second kappa shape index (κ2) is 3.39. The molecule has 0 spiro atoms. The first-order chi connectivity index (χ1) is 5.27. The normalized spacial score (nSPS) is 9.27. The molecule has 1 heterocycles. The smallest absolute Gasteiger partial charge is 0.137 e. The summed E-state index contributed by atoms with van der Waals surface area (Å²) in [5.74, 6) is 0.685. The number of pyridine rings is 1. The van der Waals surface area contributed by atoms with Crippen LogP contribution in [0.3, 0.4) is 0 Å². The van der Waals surface area contributed by atoms with Crippen molar-refractivity contribution in [1.82, 2.24) is 4.98 Å². The van der Waals surface area contributed by atoms with E-state index in [1.807, 2.05) is 0 Å². The van der Waals surface area contributed by atoms with Gasteiger partial charge in [-0.15, -0.1) is 0 Å². The summed E-state index contributed by atoms with van der Waals surface area (Å²) < 4.78 is 4.94. The van der Waals surface area contributed by atoms with Gasteiger partial charge in [-0.3, -0.25) is 0 Å². The topological polar surface area (TPSA) is 22.1 Å². The van der Waals surface area contributed by atoms with Gasteiger partial charge in [0.05, 0.1) is 13.3 Å². The molecule has 3 heteroatoms. The minimum atomic E-state index is 0.445. The van der Waals surface area contributed by atoms with Gasteiger partial charge < -0.3 is 4.74 Å². The van der Waals surface area contributed by atoms with E-state index in [9.17, 15) is 0 Å². The highest BCUT2D eigenvalue weighted by atomic mass is 35.5. The minimum absolute atomic E-state index is 0.445. The van der Waals surface area contributed by atoms with Crippen molar-refractivity contribution in [3.05, 3.63) is 29.6 Å². The molecule has 0 aliphatic heterocycles. The molecule has 0 saturated heterocycles. The van der Waals surface area contributed by atoms with Crippen molar-refractivity contribution in [2.45, 2.75) is 0 Å². The van der Waals surface area contributed by atoms with Gasteiger partial charge in [0.25, 0.3) is 0 Å². The Morgan fingerprint density at radius 2 is 2.45 bits per heavy atom. The third-order valence-electron chi connectivity index (χ3n) is 1.30. The van der Waals surface area contributed by atoms with E-state index in [0.717, 1.165) is 5.56 Å². The van der Waals surface area contributed by atoms with Gasteiger partial charge in [0, 0.05) is 5.56 Å². The fourth-order valence-corrected chi connectivity index (χ4v) is 0.880. The SMILES string of the molecule is C=Cc1cc(OC)cnc1Cl. The van der Waals surface area contributed by atoms with Crippen molar-refractivity contribution in [1.29, 1.82) is 0 Å². The molecule has 0 atom stereocenters. The van der Waals surface area contributed by atoms with Crippen molar-refractivity contribution < 1.29 is 4.74 Å². The summed E-state index contributed by atoms with van der Waals surface area (Å²) in [6.07, 6.45) is 3.20. The Morgan fingerprint density at radius 1 is 1.73 bits per heavy atom. The predicted molar refractivity (Wildman–Crippen MR) is 45.9 cm³/mol. The lowest BCUT2D eigenvalue weighted by atomic mass is 10.3. The van der Waals surface area contributed by atoms with Crippen LogP contribution in [0, 0.1) is 0 Å². The van der Waals surface area contributed by atoms with Crippen molar-refractivity contribution >= 4 is 17.7 Å². The molecule has 0 saturated carbocycles. The molecule has 0 N–H and O–H groups in total. The first-order valence-electron chi connectivity index (χ1n) is 3.10. The van der Waals surface area contributed by atoms with Gasteiger partial charge in [0.1, 0.15) is 10.9 Å². The van der Waals surface area contributed by atoms with Crippen molar-refractivity contribution in [3.63, 3.8) is 0 Å². The second-order valence-corrected chi connectivity index (χ2v) is 2.32. The van der Waals surface area contributed by atoms with Crippen LogP contribution in [0.25, 0.3) is 6.08 Å². The molecule has 0 amide bonds. The molecule has 0 unspecified atom stereocenters. The number of rotatable bonds is 2. The number of ether oxygens (including phenoxy) is 1. The van der Waals surface area contributed by atoms with E-state index in [4.69, 9.17) is 16.3 Å². The fourth-order valence-electron chi connectivity index (χ4n) is 0.700. The Morgan fingerprint density at radius 3 is 3.00 bits per heavy atom. The maximum absolute atomic E-state index is 5.72. The number of methoxy groups -OCH3 is 1. The molecule has 0 radical (unpaired) electrons. The van der Waals surface area contributed by atoms with Crippen LogP contribution in [0.1, 0.15) is 5.56 Å². The molecule has 0 fully saturated rings. The fraction of sp³-hybridized carbons (Fsp3) is 0.125. The van der Waals surface area contributed by atoms with E-state index < -0.39 is 0 Å². The second-order valence-electron chi connectivity index (χ2n) is 1.96. The third kappa shape index (κ3) is 1.71. The lowest BCUT2D eigenvalue weighted by Gasteiger charge is -2.00. The van der Waals surface area contributed by atoms with E-state index in [0.29, 0.717) is 10.9 Å². The standard InChI is InChI=1S/C8H8ClNO/c1-3-6-4-7(11-2)5-10-8(6)9/h3-5H,1H2,2H3. The van der Waals surface area contributed by atoms with Gasteiger partial charge in [-0.2, -0.15) is 0 Å². The molecule has 11 heavy (non-hydrogen) atoms. The number of nitrogens with zero attached hydrogens (tertiary/aromatic N) is 1. The van der Waals surface area contributed by atoms with E-state index in [1.165, 1.54) is 0 Å². The molecule has 1 aromatic heterocycles. The molecular weight excluding hydrogens is 162 g/mol. The number of aromatic nitrogens is 1. The van der Waals surface area contributed by atoms with Crippen LogP contribution in [0.5, 0.6) is 5.75 Å². The first-order valence-corrected chi connectivity index (χ1v) is 3.47. The Labute approximate surface area is 70.5 Å². The van der Waals surface area contributed by atoms with Crippen LogP contribution in [0.15, 0.2) is 18.8 Å². The lowest BCUT2D eigenvalue weighted by molar-refractivity contribution is 0.413. The average molecular weight is 170 g/mol. The minimum Gasteiger partial charge on any atom is -0.495 e. The van der Waals surface area contributed by atoms with Crippen LogP contribution in [0.2, 0.25) is 5.15 Å². The maximum Gasteiger partial charge on any atom is 0.137 e. The highest BCUT2D eigenvalue weighted by molar-refractivity contribution is 6.30. The maximum atomic E-state index is 5.72. The summed E-state index contributed by atoms with van der Waals surface area (Å²) in [6, 6.07) is 1.78. The van der Waals surface area contributed by atoms with Crippen LogP contribution < -0.4 is 4.74 Å². The first kappa shape index (κ1) is 8.08. The average Bonchev–Trinajstić information content (AvgIpc) is 2.05. The molecule has 0 bridgehead atoms. The van der Waals surface area contributed by atoms with E-state index in [-0.39, 0.29) is 0 Å².